The van der Waals surface area contributed by atoms with Crippen molar-refractivity contribution in [2.45, 2.75) is 42.9 Å². The third kappa shape index (κ3) is 5.65. The fourth-order valence-corrected chi connectivity index (χ4v) is 2.53. The number of rotatable bonds is 6. The zero-order valence-electron chi connectivity index (χ0n) is 12.4. The molecule has 0 radical (unpaired) electrons. The van der Waals surface area contributed by atoms with Crippen LogP contribution in [0, 0.1) is 0 Å². The van der Waals surface area contributed by atoms with Gasteiger partial charge in [0.25, 0.3) is 0 Å². The second-order valence-corrected chi connectivity index (χ2v) is 8.29. The third-order valence-corrected chi connectivity index (χ3v) is 4.65. The molecule has 0 saturated carbocycles. The van der Waals surface area contributed by atoms with Crippen molar-refractivity contribution in [1.82, 2.24) is 0 Å². The van der Waals surface area contributed by atoms with Gasteiger partial charge in [0.05, 0.1) is 13.2 Å². The van der Waals surface area contributed by atoms with Gasteiger partial charge >= 0.3 is 31.3 Å². The average molecular weight is 426 g/mol. The summed E-state index contributed by atoms with van der Waals surface area (Å²) >= 11 is 0. The lowest BCUT2D eigenvalue weighted by molar-refractivity contribution is -0.150. The van der Waals surface area contributed by atoms with Crippen LogP contribution < -0.4 is 0 Å². The summed E-state index contributed by atoms with van der Waals surface area (Å²) in [7, 11) is -12.0. The minimum absolute atomic E-state index is 1.20. The first-order valence-corrected chi connectivity index (χ1v) is 8.97. The number of hydrogen-bond acceptors (Lipinski definition) is 8. The molecule has 1 heterocycles. The van der Waals surface area contributed by atoms with Crippen LogP contribution in [-0.4, -0.2) is 59.1 Å². The summed E-state index contributed by atoms with van der Waals surface area (Å²) in [5, 5.41) is 0. The Morgan fingerprint density at radius 1 is 0.800 bits per heavy atom. The quantitative estimate of drug-likeness (QED) is 0.355. The summed E-state index contributed by atoms with van der Waals surface area (Å²) in [5.74, 6) is -1.56. The van der Waals surface area contributed by atoms with Gasteiger partial charge in [-0.15, -0.1) is 0 Å². The highest BCUT2D eigenvalue weighted by molar-refractivity contribution is 7.87. The molecule has 1 aliphatic rings. The highest BCUT2D eigenvalue weighted by atomic mass is 32.2. The molecule has 0 aromatic rings. The topological polar surface area (TPSA) is 105 Å². The maximum atomic E-state index is 12.2. The maximum Gasteiger partial charge on any atom is 0.523 e. The Hall–Kier alpha value is -0.680. The normalized spacial score (nSPS) is 25.3. The number of halogens is 6. The molecule has 0 aromatic heterocycles. The molecule has 8 nitrogen and oxygen atoms in total. The Morgan fingerprint density at radius 3 is 1.32 bits per heavy atom. The number of hydrogen-bond donors (Lipinski definition) is 0. The van der Waals surface area contributed by atoms with Crippen LogP contribution in [0.4, 0.5) is 26.3 Å². The molecule has 1 rings (SSSR count). The first-order valence-electron chi connectivity index (χ1n) is 6.15. The van der Waals surface area contributed by atoms with E-state index in [1.54, 1.807) is 0 Å². The summed E-state index contributed by atoms with van der Waals surface area (Å²) in [4.78, 5) is 0. The van der Waals surface area contributed by atoms with E-state index in [1.807, 2.05) is 0 Å². The van der Waals surface area contributed by atoms with Gasteiger partial charge in [-0.25, -0.2) is 0 Å². The lowest BCUT2D eigenvalue weighted by Gasteiger charge is -2.17. The molecular weight excluding hydrogens is 414 g/mol. The third-order valence-electron chi connectivity index (χ3n) is 2.63. The first kappa shape index (κ1) is 22.4. The van der Waals surface area contributed by atoms with Crippen molar-refractivity contribution in [3.05, 3.63) is 0 Å². The molecule has 0 amide bonds. The van der Waals surface area contributed by atoms with Crippen molar-refractivity contribution >= 4 is 20.2 Å². The van der Waals surface area contributed by atoms with E-state index < -0.39 is 62.5 Å². The van der Waals surface area contributed by atoms with Crippen molar-refractivity contribution in [1.29, 1.82) is 0 Å². The van der Waals surface area contributed by atoms with Crippen molar-refractivity contribution in [2.75, 3.05) is 13.2 Å². The fourth-order valence-electron chi connectivity index (χ4n) is 1.64. The van der Waals surface area contributed by atoms with E-state index in [9.17, 15) is 43.2 Å². The van der Waals surface area contributed by atoms with Gasteiger partial charge in [-0.1, -0.05) is 0 Å². The van der Waals surface area contributed by atoms with Crippen molar-refractivity contribution in [3.8, 4) is 0 Å². The second-order valence-electron chi connectivity index (χ2n) is 5.08. The molecule has 0 N–H and O–H groups in total. The van der Waals surface area contributed by atoms with Crippen LogP contribution >= 0.6 is 0 Å². The average Bonchev–Trinajstić information content (AvgIpc) is 2.66. The summed E-state index contributed by atoms with van der Waals surface area (Å²) in [5.41, 5.74) is -11.5. The van der Waals surface area contributed by atoms with Gasteiger partial charge in [-0.3, -0.25) is 8.37 Å². The molecule has 2 atom stereocenters. The second kappa shape index (κ2) is 6.80. The van der Waals surface area contributed by atoms with Crippen LogP contribution in [-0.2, 0) is 38.1 Å². The Kier molecular flexibility index (Phi) is 6.09. The molecule has 0 unspecified atom stereocenters. The van der Waals surface area contributed by atoms with Gasteiger partial charge in [0, 0.05) is 0 Å². The van der Waals surface area contributed by atoms with Crippen LogP contribution in [0.3, 0.4) is 0 Å². The van der Waals surface area contributed by atoms with E-state index in [2.05, 4.69) is 8.37 Å². The fraction of sp³-hybridized carbons (Fsp3) is 1.00. The highest BCUT2D eigenvalue weighted by Gasteiger charge is 2.51. The molecule has 1 saturated heterocycles. The summed E-state index contributed by atoms with van der Waals surface area (Å²) in [6.07, 6.45) is -3.29. The largest absolute Gasteiger partial charge is 0.523 e. The Balaban J connectivity index is 2.81. The number of alkyl halides is 6. The molecular formula is C9H12F6O8S2. The van der Waals surface area contributed by atoms with Gasteiger partial charge in [-0.2, -0.15) is 43.2 Å². The molecule has 25 heavy (non-hydrogen) atoms. The van der Waals surface area contributed by atoms with E-state index in [-0.39, 0.29) is 0 Å². The van der Waals surface area contributed by atoms with E-state index >= 15 is 0 Å². The Labute approximate surface area is 138 Å². The predicted molar refractivity (Wildman–Crippen MR) is 65.7 cm³/mol. The lowest BCUT2D eigenvalue weighted by atomic mass is 10.2. The summed E-state index contributed by atoms with van der Waals surface area (Å²) in [6, 6.07) is 0. The van der Waals surface area contributed by atoms with Gasteiger partial charge in [-0.05, 0) is 13.8 Å². The molecule has 0 bridgehead atoms. The standard InChI is InChI=1S/C9H12F6O8S2/c1-7(2)22-5(3-20-24(16,17)8(10,11)12)6(23-7)4-21-25(18,19)9(13,14)15/h5-6H,3-4H2,1-2H3/t5-,6-/m0/s1. The Bertz CT molecular complexity index is 622. The molecule has 1 aliphatic heterocycles. The van der Waals surface area contributed by atoms with Crippen LogP contribution in [0.25, 0.3) is 0 Å². The molecule has 1 fully saturated rings. The number of ether oxygens (including phenoxy) is 2. The van der Waals surface area contributed by atoms with Crippen LogP contribution in [0.15, 0.2) is 0 Å². The monoisotopic (exact) mass is 426 g/mol. The zero-order chi connectivity index (χ0) is 19.9. The minimum atomic E-state index is -5.99. The zero-order valence-corrected chi connectivity index (χ0v) is 14.1. The summed E-state index contributed by atoms with van der Waals surface area (Å²) in [6.45, 7) is -0.163. The molecule has 0 aromatic carbocycles. The lowest BCUT2D eigenvalue weighted by Crippen LogP contribution is -2.37. The Morgan fingerprint density at radius 2 is 1.08 bits per heavy atom. The van der Waals surface area contributed by atoms with E-state index in [0.717, 1.165) is 0 Å². The van der Waals surface area contributed by atoms with Crippen LogP contribution in [0.1, 0.15) is 13.8 Å². The maximum absolute atomic E-state index is 12.2. The van der Waals surface area contributed by atoms with E-state index in [4.69, 9.17) is 9.47 Å². The molecule has 0 spiro atoms. The van der Waals surface area contributed by atoms with Gasteiger partial charge < -0.3 is 9.47 Å². The first-order chi connectivity index (χ1) is 10.9. The van der Waals surface area contributed by atoms with Gasteiger partial charge in [0.15, 0.2) is 5.79 Å². The van der Waals surface area contributed by atoms with E-state index in [0.29, 0.717) is 0 Å². The van der Waals surface area contributed by atoms with Crippen LogP contribution in [0.2, 0.25) is 0 Å². The molecule has 16 heteroatoms. The SMILES string of the molecule is CC1(C)O[C@@H](COS(=O)(=O)C(F)(F)F)[C@H](COS(=O)(=O)C(F)(F)F)O1. The van der Waals surface area contributed by atoms with E-state index in [1.165, 1.54) is 13.8 Å². The van der Waals surface area contributed by atoms with Crippen molar-refractivity contribution in [2.24, 2.45) is 0 Å². The van der Waals surface area contributed by atoms with Gasteiger partial charge in [0.2, 0.25) is 0 Å². The molecule has 150 valence electrons. The molecule has 0 aliphatic carbocycles. The van der Waals surface area contributed by atoms with Crippen molar-refractivity contribution in [3.63, 3.8) is 0 Å². The van der Waals surface area contributed by atoms with Crippen LogP contribution in [0.5, 0.6) is 0 Å². The highest BCUT2D eigenvalue weighted by Crippen LogP contribution is 2.32. The smallest absolute Gasteiger partial charge is 0.342 e. The van der Waals surface area contributed by atoms with Crippen molar-refractivity contribution < 1.29 is 61.0 Å². The van der Waals surface area contributed by atoms with Gasteiger partial charge in [0.1, 0.15) is 12.2 Å². The summed E-state index contributed by atoms with van der Waals surface area (Å²) < 4.78 is 134. The minimum Gasteiger partial charge on any atom is -0.342 e. The predicted octanol–water partition coefficient (Wildman–Crippen LogP) is 1.24.